The fraction of sp³-hybridized carbons (Fsp3) is 0.0794. The first-order valence-electron chi connectivity index (χ1n) is 23.3. The van der Waals surface area contributed by atoms with Gasteiger partial charge in [-0.05, 0) is 111 Å². The summed E-state index contributed by atoms with van der Waals surface area (Å²) >= 11 is 0. The van der Waals surface area contributed by atoms with Crippen LogP contribution in [0.3, 0.4) is 0 Å². The third kappa shape index (κ3) is 5.08. The highest BCUT2D eigenvalue weighted by molar-refractivity contribution is 6.00. The van der Waals surface area contributed by atoms with E-state index in [1.807, 2.05) is 0 Å². The number of hydrogen-bond donors (Lipinski definition) is 3. The largest absolute Gasteiger partial charge is 0.279 e. The van der Waals surface area contributed by atoms with Gasteiger partial charge in [-0.2, -0.15) is 0 Å². The van der Waals surface area contributed by atoms with Crippen LogP contribution in [0.5, 0.6) is 0 Å². The molecular weight excluding hydrogens is 799 g/mol. The minimum atomic E-state index is -0.584. The molecule has 312 valence electrons. The number of nitrogens with one attached hydrogen (secondary N) is 3. The van der Waals surface area contributed by atoms with Crippen LogP contribution in [0.1, 0.15) is 79.7 Å². The molecule has 66 heavy (non-hydrogen) atoms. The fourth-order valence-electron chi connectivity index (χ4n) is 12.7. The molecule has 0 bridgehead atoms. The third-order valence-electron chi connectivity index (χ3n) is 15.3. The van der Waals surface area contributed by atoms with Crippen LogP contribution in [0.15, 0.2) is 237 Å². The molecule has 4 aliphatic rings. The van der Waals surface area contributed by atoms with Gasteiger partial charge in [0.05, 0.1) is 29.3 Å². The van der Waals surface area contributed by atoms with Gasteiger partial charge in [-0.1, -0.05) is 231 Å². The molecule has 3 aliphatic carbocycles. The van der Waals surface area contributed by atoms with E-state index < -0.39 is 10.8 Å². The minimum absolute atomic E-state index is 0.0980. The Labute approximate surface area is 385 Å². The topological polar surface area (TPSA) is 36.1 Å². The third-order valence-corrected chi connectivity index (χ3v) is 15.3. The predicted molar refractivity (Wildman–Crippen MR) is 268 cm³/mol. The van der Waals surface area contributed by atoms with E-state index >= 15 is 0 Å². The number of hydrogen-bond acceptors (Lipinski definition) is 3. The Balaban J connectivity index is 1.08. The lowest BCUT2D eigenvalue weighted by atomic mass is 9.52. The van der Waals surface area contributed by atoms with Gasteiger partial charge in [0.25, 0.3) is 0 Å². The molecule has 0 saturated carbocycles. The van der Waals surface area contributed by atoms with Crippen LogP contribution in [0.2, 0.25) is 0 Å². The van der Waals surface area contributed by atoms with Crippen LogP contribution in [-0.4, -0.2) is 0 Å². The lowest BCUT2D eigenvalue weighted by Crippen LogP contribution is -2.54. The van der Waals surface area contributed by atoms with Gasteiger partial charge in [-0.15, -0.1) is 0 Å². The predicted octanol–water partition coefficient (Wildman–Crippen LogP) is 13.7. The lowest BCUT2D eigenvalue weighted by molar-refractivity contribution is 0.203. The van der Waals surface area contributed by atoms with E-state index in [1.165, 1.54) is 105 Å². The van der Waals surface area contributed by atoms with Crippen molar-refractivity contribution in [3.63, 3.8) is 0 Å². The van der Waals surface area contributed by atoms with Crippen LogP contribution in [-0.2, 0) is 10.8 Å². The zero-order valence-corrected chi connectivity index (χ0v) is 36.2. The molecule has 1 aliphatic heterocycles. The first-order valence-corrected chi connectivity index (χ1v) is 23.3. The van der Waals surface area contributed by atoms with E-state index in [1.54, 1.807) is 0 Å². The average molecular weight is 844 g/mol. The Morgan fingerprint density at radius 3 is 1.20 bits per heavy atom. The molecule has 0 aromatic heterocycles. The second kappa shape index (κ2) is 14.4. The van der Waals surface area contributed by atoms with Crippen LogP contribution in [0.25, 0.3) is 44.2 Å². The highest BCUT2D eigenvalue weighted by Crippen LogP contribution is 2.67. The Morgan fingerprint density at radius 1 is 0.288 bits per heavy atom. The van der Waals surface area contributed by atoms with Crippen molar-refractivity contribution in [1.29, 1.82) is 0 Å². The van der Waals surface area contributed by atoms with Crippen LogP contribution < -0.4 is 16.0 Å². The first-order chi connectivity index (χ1) is 32.7. The molecular formula is C63H45N3. The van der Waals surface area contributed by atoms with E-state index in [-0.39, 0.29) is 18.5 Å². The molecule has 2 unspecified atom stereocenters. The van der Waals surface area contributed by atoms with E-state index in [4.69, 9.17) is 0 Å². The van der Waals surface area contributed by atoms with E-state index in [0.717, 1.165) is 0 Å². The average Bonchev–Trinajstić information content (AvgIpc) is 3.86. The summed E-state index contributed by atoms with van der Waals surface area (Å²) in [6, 6.07) is 88.8. The smallest absolute Gasteiger partial charge is 0.0870 e. The molecule has 1 fully saturated rings. The van der Waals surface area contributed by atoms with Gasteiger partial charge in [0.2, 0.25) is 0 Å². The lowest BCUT2D eigenvalue weighted by Gasteiger charge is -2.49. The van der Waals surface area contributed by atoms with Crippen molar-refractivity contribution < 1.29 is 0 Å². The molecule has 2 atom stereocenters. The normalized spacial score (nSPS) is 18.8. The number of fused-ring (bicyclic) bond motifs is 17. The molecule has 3 nitrogen and oxygen atoms in total. The molecule has 2 spiro atoms. The van der Waals surface area contributed by atoms with E-state index in [9.17, 15) is 0 Å². The second-order valence-corrected chi connectivity index (χ2v) is 18.4. The molecule has 10 aromatic rings. The summed E-state index contributed by atoms with van der Waals surface area (Å²) in [5, 5.41) is 14.5. The summed E-state index contributed by atoms with van der Waals surface area (Å²) in [7, 11) is 0. The molecule has 10 aromatic carbocycles. The molecule has 3 heteroatoms. The van der Waals surface area contributed by atoms with Crippen molar-refractivity contribution >= 4 is 10.8 Å². The summed E-state index contributed by atoms with van der Waals surface area (Å²) in [4.78, 5) is 0. The van der Waals surface area contributed by atoms with Gasteiger partial charge in [0.1, 0.15) is 0 Å². The van der Waals surface area contributed by atoms with Gasteiger partial charge in [0, 0.05) is 0 Å². The van der Waals surface area contributed by atoms with Crippen molar-refractivity contribution in [2.45, 2.75) is 29.3 Å². The molecule has 1 saturated heterocycles. The van der Waals surface area contributed by atoms with Gasteiger partial charge in [-0.25, -0.2) is 0 Å². The standard InChI is InChI=1S/C63H45N3/c1-3-20-41(21-4-1)59-64-60(42-22-5-2-6-23-42)66-61(65-59)49-37-35-40-19-7-8-24-44(40)58(49)43-36-38-56-57(39-43)63(52-31-15-11-27-47(52)48-28-12-16-32-53(48)63)55-34-18-17-33-54(55)62(56)50-29-13-9-25-45(50)46-26-10-14-30-51(46)62/h1-39,59-61,64-66H. The Kier molecular flexibility index (Phi) is 8.24. The molecule has 3 N–H and O–H groups in total. The molecule has 1 heterocycles. The molecule has 14 rings (SSSR count). The highest BCUT2D eigenvalue weighted by atomic mass is 15.4. The van der Waals surface area contributed by atoms with Crippen LogP contribution >= 0.6 is 0 Å². The van der Waals surface area contributed by atoms with Gasteiger partial charge in [-0.3, -0.25) is 16.0 Å². The Morgan fingerprint density at radius 2 is 0.682 bits per heavy atom. The molecule has 0 radical (unpaired) electrons. The summed E-state index contributed by atoms with van der Waals surface area (Å²) in [5.41, 5.74) is 20.8. The Bertz CT molecular complexity index is 3420. The monoisotopic (exact) mass is 843 g/mol. The van der Waals surface area contributed by atoms with E-state index in [2.05, 4.69) is 253 Å². The highest BCUT2D eigenvalue weighted by Gasteiger charge is 2.59. The summed E-state index contributed by atoms with van der Waals surface area (Å²) < 4.78 is 0. The zero-order valence-electron chi connectivity index (χ0n) is 36.2. The summed E-state index contributed by atoms with van der Waals surface area (Å²) in [6.45, 7) is 0. The van der Waals surface area contributed by atoms with Gasteiger partial charge in [0.15, 0.2) is 0 Å². The zero-order chi connectivity index (χ0) is 43.4. The van der Waals surface area contributed by atoms with Crippen molar-refractivity contribution in [2.75, 3.05) is 0 Å². The minimum Gasteiger partial charge on any atom is -0.279 e. The quantitative estimate of drug-likeness (QED) is 0.165. The maximum absolute atomic E-state index is 4.05. The van der Waals surface area contributed by atoms with Crippen LogP contribution in [0.4, 0.5) is 0 Å². The molecule has 0 amide bonds. The number of benzene rings is 10. The van der Waals surface area contributed by atoms with Crippen molar-refractivity contribution in [3.05, 3.63) is 298 Å². The van der Waals surface area contributed by atoms with Crippen molar-refractivity contribution in [2.24, 2.45) is 0 Å². The van der Waals surface area contributed by atoms with Crippen LogP contribution in [0, 0.1) is 0 Å². The maximum atomic E-state index is 4.05. The Hall–Kier alpha value is -7.66. The summed E-state index contributed by atoms with van der Waals surface area (Å²) in [6.07, 6.45) is -0.391. The maximum Gasteiger partial charge on any atom is 0.0870 e. The van der Waals surface area contributed by atoms with E-state index in [0.29, 0.717) is 0 Å². The van der Waals surface area contributed by atoms with Gasteiger partial charge >= 0.3 is 0 Å². The number of rotatable bonds is 4. The SMILES string of the molecule is c1ccc(C2NC(c3ccccc3)NC(c3ccc4ccccc4c3-c3ccc4c(c3)C3(c5ccccc5-c5ccccc53)c3ccccc3C43c4ccccc4-c4ccccc43)N2)cc1. The van der Waals surface area contributed by atoms with Crippen molar-refractivity contribution in [1.82, 2.24) is 16.0 Å². The van der Waals surface area contributed by atoms with Crippen molar-refractivity contribution in [3.8, 4) is 33.4 Å². The summed E-state index contributed by atoms with van der Waals surface area (Å²) in [5.74, 6) is 0. The first kappa shape index (κ1) is 37.7. The van der Waals surface area contributed by atoms with Gasteiger partial charge < -0.3 is 0 Å². The second-order valence-electron chi connectivity index (χ2n) is 18.4. The fourth-order valence-corrected chi connectivity index (χ4v) is 12.7.